The molecule has 0 spiro atoms. The van der Waals surface area contributed by atoms with Crippen LogP contribution in [-0.4, -0.2) is 17.7 Å². The van der Waals surface area contributed by atoms with Crippen molar-refractivity contribution >= 4 is 11.7 Å². The highest BCUT2D eigenvalue weighted by Gasteiger charge is 2.10. The first-order valence-electron chi connectivity index (χ1n) is 6.98. The maximum atomic E-state index is 12.8. The number of amides is 2. The van der Waals surface area contributed by atoms with Gasteiger partial charge >= 0.3 is 6.03 Å². The van der Waals surface area contributed by atoms with E-state index in [4.69, 9.17) is 5.26 Å². The SMILES string of the molecule is Cc1ccc(C#N)cc1NC(=O)NCC(O)c1ccc(F)cc1. The number of benzene rings is 2. The Hall–Kier alpha value is -2.91. The van der Waals surface area contributed by atoms with Gasteiger partial charge in [0, 0.05) is 12.2 Å². The van der Waals surface area contributed by atoms with Crippen LogP contribution >= 0.6 is 0 Å². The average Bonchev–Trinajstić information content (AvgIpc) is 2.55. The fraction of sp³-hybridized carbons (Fsp3) is 0.176. The Morgan fingerprint density at radius 2 is 2.00 bits per heavy atom. The Balaban J connectivity index is 1.92. The first-order valence-corrected chi connectivity index (χ1v) is 6.98. The highest BCUT2D eigenvalue weighted by atomic mass is 19.1. The summed E-state index contributed by atoms with van der Waals surface area (Å²) in [4.78, 5) is 11.9. The van der Waals surface area contributed by atoms with Crippen molar-refractivity contribution in [3.8, 4) is 6.07 Å². The molecule has 3 N–H and O–H groups in total. The van der Waals surface area contributed by atoms with Gasteiger partial charge in [-0.1, -0.05) is 18.2 Å². The lowest BCUT2D eigenvalue weighted by Crippen LogP contribution is -2.32. The standard InChI is InChI=1S/C17H16FN3O2/c1-11-2-3-12(9-19)8-15(11)21-17(23)20-10-16(22)13-4-6-14(18)7-5-13/h2-8,16,22H,10H2,1H3,(H2,20,21,23). The van der Waals surface area contributed by atoms with E-state index in [0.717, 1.165) is 5.56 Å². The van der Waals surface area contributed by atoms with Crippen LogP contribution in [0.25, 0.3) is 0 Å². The summed E-state index contributed by atoms with van der Waals surface area (Å²) >= 11 is 0. The third-order valence-electron chi connectivity index (χ3n) is 3.33. The lowest BCUT2D eigenvalue weighted by Gasteiger charge is -2.14. The molecule has 2 rings (SSSR count). The van der Waals surface area contributed by atoms with E-state index in [0.29, 0.717) is 16.8 Å². The first kappa shape index (κ1) is 16.5. The predicted molar refractivity (Wildman–Crippen MR) is 84.3 cm³/mol. The zero-order valence-corrected chi connectivity index (χ0v) is 12.5. The molecule has 0 radical (unpaired) electrons. The Bertz CT molecular complexity index is 738. The van der Waals surface area contributed by atoms with Gasteiger partial charge in [-0.2, -0.15) is 5.26 Å². The second kappa shape index (κ2) is 7.38. The molecular weight excluding hydrogens is 297 g/mol. The minimum Gasteiger partial charge on any atom is -0.387 e. The van der Waals surface area contributed by atoms with Crippen LogP contribution in [0, 0.1) is 24.1 Å². The molecule has 0 aliphatic rings. The second-order valence-electron chi connectivity index (χ2n) is 5.04. The van der Waals surface area contributed by atoms with Crippen LogP contribution in [0.1, 0.15) is 22.8 Å². The van der Waals surface area contributed by atoms with E-state index in [-0.39, 0.29) is 12.4 Å². The van der Waals surface area contributed by atoms with E-state index in [1.165, 1.54) is 24.3 Å². The van der Waals surface area contributed by atoms with Gasteiger partial charge in [0.05, 0.1) is 17.7 Å². The molecule has 0 saturated heterocycles. The maximum absolute atomic E-state index is 12.8. The molecule has 23 heavy (non-hydrogen) atoms. The van der Waals surface area contributed by atoms with Gasteiger partial charge in [0.1, 0.15) is 5.82 Å². The number of anilines is 1. The van der Waals surface area contributed by atoms with Crippen molar-refractivity contribution in [1.82, 2.24) is 5.32 Å². The number of hydrogen-bond acceptors (Lipinski definition) is 3. The Labute approximate surface area is 133 Å². The largest absolute Gasteiger partial charge is 0.387 e. The molecule has 0 aliphatic heterocycles. The monoisotopic (exact) mass is 313 g/mol. The number of hydrogen-bond donors (Lipinski definition) is 3. The van der Waals surface area contributed by atoms with Crippen LogP contribution in [0.4, 0.5) is 14.9 Å². The maximum Gasteiger partial charge on any atom is 0.319 e. The number of aryl methyl sites for hydroxylation is 1. The molecule has 6 heteroatoms. The second-order valence-corrected chi connectivity index (χ2v) is 5.04. The molecule has 0 bridgehead atoms. The average molecular weight is 313 g/mol. The topological polar surface area (TPSA) is 85.2 Å². The van der Waals surface area contributed by atoms with E-state index in [1.54, 1.807) is 18.2 Å². The van der Waals surface area contributed by atoms with Crippen LogP contribution < -0.4 is 10.6 Å². The zero-order chi connectivity index (χ0) is 16.8. The van der Waals surface area contributed by atoms with Crippen LogP contribution in [0.2, 0.25) is 0 Å². The van der Waals surface area contributed by atoms with Gasteiger partial charge in [-0.15, -0.1) is 0 Å². The molecule has 0 fully saturated rings. The van der Waals surface area contributed by atoms with E-state index >= 15 is 0 Å². The van der Waals surface area contributed by atoms with Crippen molar-refractivity contribution in [1.29, 1.82) is 5.26 Å². The summed E-state index contributed by atoms with van der Waals surface area (Å²) in [6.07, 6.45) is -0.937. The quantitative estimate of drug-likeness (QED) is 0.811. The Kier molecular flexibility index (Phi) is 5.28. The molecule has 1 unspecified atom stereocenters. The minimum absolute atomic E-state index is 0.0194. The number of nitrogens with one attached hydrogen (secondary N) is 2. The van der Waals surface area contributed by atoms with Crippen molar-refractivity contribution in [3.05, 3.63) is 65.0 Å². The molecule has 5 nitrogen and oxygen atoms in total. The molecule has 2 aromatic carbocycles. The van der Waals surface area contributed by atoms with Gasteiger partial charge in [0.2, 0.25) is 0 Å². The zero-order valence-electron chi connectivity index (χ0n) is 12.5. The lowest BCUT2D eigenvalue weighted by atomic mass is 10.1. The number of carbonyl (C=O) groups excluding carboxylic acids is 1. The molecule has 0 saturated carbocycles. The van der Waals surface area contributed by atoms with E-state index in [9.17, 15) is 14.3 Å². The van der Waals surface area contributed by atoms with Gasteiger partial charge in [0.25, 0.3) is 0 Å². The molecular formula is C17H16FN3O2. The van der Waals surface area contributed by atoms with Crippen LogP contribution in [-0.2, 0) is 0 Å². The number of carbonyl (C=O) groups is 1. The van der Waals surface area contributed by atoms with Crippen molar-refractivity contribution in [3.63, 3.8) is 0 Å². The summed E-state index contributed by atoms with van der Waals surface area (Å²) in [5, 5.41) is 24.0. The summed E-state index contributed by atoms with van der Waals surface area (Å²) < 4.78 is 12.8. The van der Waals surface area contributed by atoms with Crippen molar-refractivity contribution in [2.75, 3.05) is 11.9 Å². The predicted octanol–water partition coefficient (Wildman–Crippen LogP) is 2.86. The smallest absolute Gasteiger partial charge is 0.319 e. The first-order chi connectivity index (χ1) is 11.0. The Morgan fingerprint density at radius 3 is 2.65 bits per heavy atom. The molecule has 118 valence electrons. The third-order valence-corrected chi connectivity index (χ3v) is 3.33. The van der Waals surface area contributed by atoms with Crippen LogP contribution in [0.5, 0.6) is 0 Å². The van der Waals surface area contributed by atoms with Crippen molar-refractivity contribution in [2.24, 2.45) is 0 Å². The summed E-state index contributed by atoms with van der Waals surface area (Å²) in [6.45, 7) is 1.79. The molecule has 0 aliphatic carbocycles. The molecule has 0 aromatic heterocycles. The molecule has 1 atom stereocenters. The van der Waals surface area contributed by atoms with Gasteiger partial charge in [0.15, 0.2) is 0 Å². The number of aliphatic hydroxyl groups excluding tert-OH is 1. The molecule has 2 amide bonds. The molecule has 2 aromatic rings. The van der Waals surface area contributed by atoms with Gasteiger partial charge < -0.3 is 15.7 Å². The highest BCUT2D eigenvalue weighted by molar-refractivity contribution is 5.90. The molecule has 0 heterocycles. The summed E-state index contributed by atoms with van der Waals surface area (Å²) in [5.74, 6) is -0.389. The summed E-state index contributed by atoms with van der Waals surface area (Å²) in [6, 6.07) is 11.9. The lowest BCUT2D eigenvalue weighted by molar-refractivity contribution is 0.175. The van der Waals surface area contributed by atoms with Crippen LogP contribution in [0.15, 0.2) is 42.5 Å². The number of nitrogens with zero attached hydrogens (tertiary/aromatic N) is 1. The van der Waals surface area contributed by atoms with Crippen molar-refractivity contribution < 1.29 is 14.3 Å². The van der Waals surface area contributed by atoms with Gasteiger partial charge in [-0.05, 0) is 42.3 Å². The van der Waals surface area contributed by atoms with Gasteiger partial charge in [-0.3, -0.25) is 0 Å². The number of nitriles is 1. The number of urea groups is 1. The summed E-state index contributed by atoms with van der Waals surface area (Å²) in [7, 11) is 0. The van der Waals surface area contributed by atoms with Crippen LogP contribution in [0.3, 0.4) is 0 Å². The van der Waals surface area contributed by atoms with Gasteiger partial charge in [-0.25, -0.2) is 9.18 Å². The minimum atomic E-state index is -0.937. The number of rotatable bonds is 4. The fourth-order valence-corrected chi connectivity index (χ4v) is 1.98. The third kappa shape index (κ3) is 4.53. The fourth-order valence-electron chi connectivity index (χ4n) is 1.98. The van der Waals surface area contributed by atoms with E-state index in [1.807, 2.05) is 13.0 Å². The Morgan fingerprint density at radius 1 is 1.30 bits per heavy atom. The number of halogens is 1. The van der Waals surface area contributed by atoms with E-state index < -0.39 is 12.1 Å². The summed E-state index contributed by atoms with van der Waals surface area (Å²) in [5.41, 5.74) is 2.29. The highest BCUT2D eigenvalue weighted by Crippen LogP contribution is 2.16. The van der Waals surface area contributed by atoms with E-state index in [2.05, 4.69) is 10.6 Å². The number of aliphatic hydroxyl groups is 1. The van der Waals surface area contributed by atoms with Crippen molar-refractivity contribution in [2.45, 2.75) is 13.0 Å². The normalized spacial score (nSPS) is 11.4.